The summed E-state index contributed by atoms with van der Waals surface area (Å²) in [5, 5.41) is 9.78. The summed E-state index contributed by atoms with van der Waals surface area (Å²) in [5.74, 6) is -0.0242. The van der Waals surface area contributed by atoms with Crippen LogP contribution in [0.5, 0.6) is 0 Å². The van der Waals surface area contributed by atoms with E-state index in [4.69, 9.17) is 16.7 Å². The van der Waals surface area contributed by atoms with Crippen molar-refractivity contribution >= 4 is 35.2 Å². The summed E-state index contributed by atoms with van der Waals surface area (Å²) < 4.78 is 0. The Labute approximate surface area is 133 Å². The maximum Gasteiger partial charge on any atom is 0.326 e. The van der Waals surface area contributed by atoms with Gasteiger partial charge in [0.1, 0.15) is 6.04 Å². The van der Waals surface area contributed by atoms with Crippen LogP contribution in [0.4, 0.5) is 0 Å². The van der Waals surface area contributed by atoms with Crippen LogP contribution in [0.3, 0.4) is 0 Å². The van der Waals surface area contributed by atoms with Crippen molar-refractivity contribution in [1.29, 1.82) is 0 Å². The van der Waals surface area contributed by atoms with Gasteiger partial charge >= 0.3 is 5.97 Å². The van der Waals surface area contributed by atoms with E-state index in [2.05, 4.69) is 0 Å². The van der Waals surface area contributed by atoms with Crippen LogP contribution in [0.1, 0.15) is 25.3 Å². The van der Waals surface area contributed by atoms with Gasteiger partial charge in [-0.2, -0.15) is 0 Å². The van der Waals surface area contributed by atoms with Crippen molar-refractivity contribution in [2.75, 3.05) is 5.75 Å². The molecule has 0 spiro atoms. The SMILES string of the molecule is CC(C(=O)O)N(C(=O)CSCc1ccc(Cl)cc1)C1CC1. The first kappa shape index (κ1) is 16.2. The molecule has 0 radical (unpaired) electrons. The lowest BCUT2D eigenvalue weighted by molar-refractivity contribution is -0.148. The van der Waals surface area contributed by atoms with Crippen LogP contribution in [-0.2, 0) is 15.3 Å². The number of halogens is 1. The molecule has 1 unspecified atom stereocenters. The molecule has 1 atom stereocenters. The first-order chi connectivity index (χ1) is 9.99. The molecule has 1 fully saturated rings. The van der Waals surface area contributed by atoms with Gasteiger partial charge in [0.15, 0.2) is 0 Å². The highest BCUT2D eigenvalue weighted by molar-refractivity contribution is 7.99. The standard InChI is InChI=1S/C15H18ClNO3S/c1-10(15(19)20)17(13-6-7-13)14(18)9-21-8-11-2-4-12(16)5-3-11/h2-5,10,13H,6-9H2,1H3,(H,19,20). The normalized spacial score (nSPS) is 15.5. The molecule has 1 aliphatic carbocycles. The number of carbonyl (C=O) groups excluding carboxylic acids is 1. The molecule has 0 saturated heterocycles. The van der Waals surface area contributed by atoms with Crippen molar-refractivity contribution in [3.63, 3.8) is 0 Å². The summed E-state index contributed by atoms with van der Waals surface area (Å²) in [6, 6.07) is 6.86. The fourth-order valence-electron chi connectivity index (χ4n) is 2.12. The number of amides is 1. The van der Waals surface area contributed by atoms with Gasteiger partial charge in [0.05, 0.1) is 5.75 Å². The summed E-state index contributed by atoms with van der Waals surface area (Å²) in [4.78, 5) is 24.9. The maximum absolute atomic E-state index is 12.2. The fraction of sp³-hybridized carbons (Fsp3) is 0.467. The van der Waals surface area contributed by atoms with Crippen molar-refractivity contribution in [3.8, 4) is 0 Å². The van der Waals surface area contributed by atoms with E-state index in [1.807, 2.05) is 24.3 Å². The van der Waals surface area contributed by atoms with E-state index in [9.17, 15) is 9.59 Å². The van der Waals surface area contributed by atoms with Crippen LogP contribution < -0.4 is 0 Å². The van der Waals surface area contributed by atoms with Gasteiger partial charge in [-0.25, -0.2) is 4.79 Å². The van der Waals surface area contributed by atoms with Gasteiger partial charge in [-0.15, -0.1) is 11.8 Å². The van der Waals surface area contributed by atoms with Gasteiger partial charge in [-0.05, 0) is 37.5 Å². The lowest BCUT2D eigenvalue weighted by Gasteiger charge is -2.26. The molecule has 1 aromatic rings. The van der Waals surface area contributed by atoms with E-state index in [1.54, 1.807) is 6.92 Å². The van der Waals surface area contributed by atoms with Crippen LogP contribution in [0.25, 0.3) is 0 Å². The number of hydrogen-bond acceptors (Lipinski definition) is 3. The summed E-state index contributed by atoms with van der Waals surface area (Å²) in [7, 11) is 0. The van der Waals surface area contributed by atoms with Gasteiger partial charge in [-0.1, -0.05) is 23.7 Å². The number of carbonyl (C=O) groups is 2. The van der Waals surface area contributed by atoms with Crippen molar-refractivity contribution in [1.82, 2.24) is 4.90 Å². The van der Waals surface area contributed by atoms with Gasteiger partial charge in [0.2, 0.25) is 5.91 Å². The first-order valence-electron chi connectivity index (χ1n) is 6.85. The Morgan fingerprint density at radius 2 is 2.00 bits per heavy atom. The lowest BCUT2D eigenvalue weighted by atomic mass is 10.2. The fourth-order valence-corrected chi connectivity index (χ4v) is 3.10. The molecular weight excluding hydrogens is 310 g/mol. The highest BCUT2D eigenvalue weighted by Crippen LogP contribution is 2.29. The lowest BCUT2D eigenvalue weighted by Crippen LogP contribution is -2.45. The van der Waals surface area contributed by atoms with E-state index < -0.39 is 12.0 Å². The molecule has 114 valence electrons. The Bertz CT molecular complexity index is 516. The number of rotatable bonds is 7. The maximum atomic E-state index is 12.2. The number of carboxylic acids is 1. The van der Waals surface area contributed by atoms with Gasteiger partial charge in [0.25, 0.3) is 0 Å². The van der Waals surface area contributed by atoms with Crippen molar-refractivity contribution in [3.05, 3.63) is 34.9 Å². The molecule has 21 heavy (non-hydrogen) atoms. The minimum absolute atomic E-state index is 0.0913. The van der Waals surface area contributed by atoms with Crippen LogP contribution in [0, 0.1) is 0 Å². The van der Waals surface area contributed by atoms with Gasteiger partial charge < -0.3 is 10.0 Å². The Hall–Kier alpha value is -1.20. The van der Waals surface area contributed by atoms with Crippen molar-refractivity contribution < 1.29 is 14.7 Å². The smallest absolute Gasteiger partial charge is 0.326 e. The average Bonchev–Trinajstić information content (AvgIpc) is 3.25. The Kier molecular flexibility index (Phi) is 5.53. The van der Waals surface area contributed by atoms with Gasteiger partial charge in [0, 0.05) is 16.8 Å². The third-order valence-corrected chi connectivity index (χ3v) is 4.65. The Morgan fingerprint density at radius 1 is 1.38 bits per heavy atom. The zero-order chi connectivity index (χ0) is 15.4. The third kappa shape index (κ3) is 4.64. The highest BCUT2D eigenvalue weighted by atomic mass is 35.5. The largest absolute Gasteiger partial charge is 0.480 e. The second kappa shape index (κ2) is 7.18. The number of benzene rings is 1. The number of nitrogens with zero attached hydrogens (tertiary/aromatic N) is 1. The topological polar surface area (TPSA) is 57.6 Å². The molecule has 4 nitrogen and oxygen atoms in total. The van der Waals surface area contributed by atoms with E-state index in [0.717, 1.165) is 18.4 Å². The van der Waals surface area contributed by atoms with Gasteiger partial charge in [-0.3, -0.25) is 4.79 Å². The van der Waals surface area contributed by atoms with E-state index in [-0.39, 0.29) is 11.9 Å². The predicted molar refractivity (Wildman–Crippen MR) is 84.6 cm³/mol. The number of carboxylic acid groups (broad SMARTS) is 1. The average molecular weight is 328 g/mol. The molecule has 0 heterocycles. The zero-order valence-corrected chi connectivity index (χ0v) is 13.4. The molecule has 0 aliphatic heterocycles. The van der Waals surface area contributed by atoms with Crippen molar-refractivity contribution in [2.24, 2.45) is 0 Å². The molecule has 6 heteroatoms. The zero-order valence-electron chi connectivity index (χ0n) is 11.8. The summed E-state index contributed by atoms with van der Waals surface area (Å²) >= 11 is 7.32. The van der Waals surface area contributed by atoms with E-state index in [0.29, 0.717) is 16.5 Å². The minimum Gasteiger partial charge on any atom is -0.480 e. The first-order valence-corrected chi connectivity index (χ1v) is 8.38. The highest BCUT2D eigenvalue weighted by Gasteiger charge is 2.37. The second-order valence-corrected chi connectivity index (χ2v) is 6.59. The molecular formula is C15H18ClNO3S. The third-order valence-electron chi connectivity index (χ3n) is 3.41. The Morgan fingerprint density at radius 3 is 2.52 bits per heavy atom. The molecule has 1 aromatic carbocycles. The van der Waals surface area contributed by atoms with E-state index in [1.165, 1.54) is 16.7 Å². The summed E-state index contributed by atoms with van der Waals surface area (Å²) in [6.07, 6.45) is 1.82. The molecule has 0 bridgehead atoms. The molecule has 1 amide bonds. The van der Waals surface area contributed by atoms with E-state index >= 15 is 0 Å². The molecule has 0 aromatic heterocycles. The number of hydrogen-bond donors (Lipinski definition) is 1. The molecule has 1 saturated carbocycles. The monoisotopic (exact) mass is 327 g/mol. The van der Waals surface area contributed by atoms with Crippen LogP contribution >= 0.6 is 23.4 Å². The Balaban J connectivity index is 1.85. The minimum atomic E-state index is -0.946. The summed E-state index contributed by atoms with van der Waals surface area (Å²) in [5.41, 5.74) is 1.10. The van der Waals surface area contributed by atoms with Crippen LogP contribution in [0.15, 0.2) is 24.3 Å². The molecule has 1 aliphatic rings. The quantitative estimate of drug-likeness (QED) is 0.836. The second-order valence-electron chi connectivity index (χ2n) is 5.17. The van der Waals surface area contributed by atoms with Crippen LogP contribution in [-0.4, -0.2) is 39.7 Å². The predicted octanol–water partition coefficient (Wildman–Crippen LogP) is 3.04. The number of thioether (sulfide) groups is 1. The molecule has 2 rings (SSSR count). The summed E-state index contributed by atoms with van der Waals surface area (Å²) in [6.45, 7) is 1.57. The van der Waals surface area contributed by atoms with Crippen molar-refractivity contribution in [2.45, 2.75) is 37.6 Å². The molecule has 1 N–H and O–H groups in total. The number of aliphatic carboxylic acids is 1. The van der Waals surface area contributed by atoms with Crippen LogP contribution in [0.2, 0.25) is 5.02 Å².